The Labute approximate surface area is 87.5 Å². The Morgan fingerprint density at radius 3 is 2.79 bits per heavy atom. The van der Waals surface area contributed by atoms with Crippen LogP contribution in [0.5, 0.6) is 5.06 Å². The lowest BCUT2D eigenvalue weighted by Gasteiger charge is -1.94. The van der Waals surface area contributed by atoms with E-state index in [1.54, 1.807) is 0 Å². The second kappa shape index (κ2) is 3.11. The highest BCUT2D eigenvalue weighted by atomic mass is 35.5. The molecule has 0 radical (unpaired) electrons. The van der Waals surface area contributed by atoms with Crippen LogP contribution < -0.4 is 0 Å². The summed E-state index contributed by atoms with van der Waals surface area (Å²) in [6, 6.07) is 4.36. The number of nitrogens with zero attached hydrogens (tertiary/aromatic N) is 1. The lowest BCUT2D eigenvalue weighted by Crippen LogP contribution is -1.87. The van der Waals surface area contributed by atoms with Crippen LogP contribution in [0, 0.1) is 10.1 Å². The summed E-state index contributed by atoms with van der Waals surface area (Å²) in [7, 11) is 0. The van der Waals surface area contributed by atoms with Crippen LogP contribution in [0.4, 0.5) is 5.69 Å². The number of rotatable bonds is 1. The highest BCUT2D eigenvalue weighted by molar-refractivity contribution is 7.20. The summed E-state index contributed by atoms with van der Waals surface area (Å²) < 4.78 is 0.651. The fourth-order valence-corrected chi connectivity index (χ4v) is 2.23. The van der Waals surface area contributed by atoms with Crippen molar-refractivity contribution >= 4 is 38.7 Å². The minimum absolute atomic E-state index is 0.0836. The third-order valence-corrected chi connectivity index (χ3v) is 2.97. The molecule has 0 amide bonds. The van der Waals surface area contributed by atoms with Gasteiger partial charge in [0.2, 0.25) is 0 Å². The molecule has 1 aromatic heterocycles. The van der Waals surface area contributed by atoms with Crippen LogP contribution in [0.15, 0.2) is 18.2 Å². The number of aromatic hydroxyl groups is 1. The Morgan fingerprint density at radius 1 is 1.43 bits per heavy atom. The van der Waals surface area contributed by atoms with Gasteiger partial charge in [0.25, 0.3) is 5.69 Å². The number of nitro benzene ring substituents is 1. The van der Waals surface area contributed by atoms with Crippen LogP contribution in [-0.4, -0.2) is 10.0 Å². The number of nitro groups is 1. The zero-order valence-corrected chi connectivity index (χ0v) is 8.30. The monoisotopic (exact) mass is 229 g/mol. The molecule has 0 unspecified atom stereocenters. The summed E-state index contributed by atoms with van der Waals surface area (Å²) in [5.74, 6) is 0. The van der Waals surface area contributed by atoms with E-state index in [9.17, 15) is 15.2 Å². The molecule has 0 spiro atoms. The highest BCUT2D eigenvalue weighted by Gasteiger charge is 2.14. The van der Waals surface area contributed by atoms with Gasteiger partial charge in [0.05, 0.1) is 4.92 Å². The topological polar surface area (TPSA) is 63.4 Å². The van der Waals surface area contributed by atoms with Gasteiger partial charge in [0.1, 0.15) is 5.02 Å². The van der Waals surface area contributed by atoms with Crippen molar-refractivity contribution in [1.82, 2.24) is 0 Å². The van der Waals surface area contributed by atoms with Gasteiger partial charge in [-0.05, 0) is 17.5 Å². The molecular weight excluding hydrogens is 226 g/mol. The van der Waals surface area contributed by atoms with Gasteiger partial charge in [0, 0.05) is 10.8 Å². The summed E-state index contributed by atoms with van der Waals surface area (Å²) in [5, 5.41) is 20.6. The summed E-state index contributed by atoms with van der Waals surface area (Å²) in [6.07, 6.45) is 0. The van der Waals surface area contributed by atoms with Crippen LogP contribution >= 0.6 is 22.9 Å². The second-order valence-corrected chi connectivity index (χ2v) is 4.15. The standard InChI is InChI=1S/C8H4ClNO3S/c9-5-1-4-2-8(11)14-7(4)3-6(5)10(12)13/h1-3,11H. The molecule has 1 N–H and O–H groups in total. The van der Waals surface area contributed by atoms with Gasteiger partial charge in [0.15, 0.2) is 5.06 Å². The van der Waals surface area contributed by atoms with Gasteiger partial charge in [-0.1, -0.05) is 22.9 Å². The van der Waals surface area contributed by atoms with Crippen molar-refractivity contribution in [3.8, 4) is 5.06 Å². The molecule has 2 aromatic rings. The maximum absolute atomic E-state index is 10.5. The van der Waals surface area contributed by atoms with Gasteiger partial charge in [-0.25, -0.2) is 0 Å². The van der Waals surface area contributed by atoms with Gasteiger partial charge < -0.3 is 5.11 Å². The average Bonchev–Trinajstić information content (AvgIpc) is 2.42. The number of fused-ring (bicyclic) bond motifs is 1. The van der Waals surface area contributed by atoms with Crippen molar-refractivity contribution in [3.63, 3.8) is 0 Å². The second-order valence-electron chi connectivity index (χ2n) is 2.68. The molecule has 0 bridgehead atoms. The first-order valence-corrected chi connectivity index (χ1v) is 4.84. The number of halogens is 1. The Balaban J connectivity index is 2.76. The molecule has 0 fully saturated rings. The molecule has 0 aliphatic heterocycles. The Kier molecular flexibility index (Phi) is 2.05. The first kappa shape index (κ1) is 9.23. The average molecular weight is 230 g/mol. The molecule has 0 aliphatic carbocycles. The third kappa shape index (κ3) is 1.40. The van der Waals surface area contributed by atoms with E-state index in [0.29, 0.717) is 10.1 Å². The molecule has 72 valence electrons. The molecule has 6 heteroatoms. The van der Waals surface area contributed by atoms with E-state index in [1.807, 2.05) is 0 Å². The first-order valence-electron chi connectivity index (χ1n) is 3.64. The SMILES string of the molecule is O=[N+]([O-])c1cc2sc(O)cc2cc1Cl. The van der Waals surface area contributed by atoms with E-state index in [4.69, 9.17) is 11.6 Å². The summed E-state index contributed by atoms with van der Waals surface area (Å²) >= 11 is 6.77. The molecule has 0 aliphatic rings. The van der Waals surface area contributed by atoms with Crippen LogP contribution in [0.2, 0.25) is 5.02 Å². The van der Waals surface area contributed by atoms with Crippen molar-refractivity contribution in [2.24, 2.45) is 0 Å². The van der Waals surface area contributed by atoms with Crippen LogP contribution in [0.25, 0.3) is 10.1 Å². The summed E-state index contributed by atoms with van der Waals surface area (Å²) in [5.41, 5.74) is -0.138. The Hall–Kier alpha value is -1.33. The predicted octanol–water partition coefficient (Wildman–Crippen LogP) is 3.17. The van der Waals surface area contributed by atoms with Crippen LogP contribution in [-0.2, 0) is 0 Å². The zero-order chi connectivity index (χ0) is 10.3. The van der Waals surface area contributed by atoms with Crippen molar-refractivity contribution in [3.05, 3.63) is 33.3 Å². The molecule has 4 nitrogen and oxygen atoms in total. The summed E-state index contributed by atoms with van der Waals surface area (Å²) in [4.78, 5) is 9.99. The van der Waals surface area contributed by atoms with Gasteiger partial charge in [-0.15, -0.1) is 0 Å². The first-order chi connectivity index (χ1) is 6.58. The third-order valence-electron chi connectivity index (χ3n) is 1.77. The minimum atomic E-state index is -0.543. The molecule has 0 atom stereocenters. The van der Waals surface area contributed by atoms with E-state index >= 15 is 0 Å². The molecule has 1 aromatic carbocycles. The Morgan fingerprint density at radius 2 is 2.14 bits per heavy atom. The van der Waals surface area contributed by atoms with E-state index in [-0.39, 0.29) is 15.8 Å². The quantitative estimate of drug-likeness (QED) is 0.603. The van der Waals surface area contributed by atoms with E-state index in [2.05, 4.69) is 0 Å². The van der Waals surface area contributed by atoms with Crippen molar-refractivity contribution in [2.75, 3.05) is 0 Å². The Bertz CT molecular complexity index is 523. The molecule has 2 rings (SSSR count). The smallest absolute Gasteiger partial charge is 0.289 e. The molecule has 1 heterocycles. The van der Waals surface area contributed by atoms with Crippen LogP contribution in [0.1, 0.15) is 0 Å². The molecular formula is C8H4ClNO3S. The maximum atomic E-state index is 10.5. The number of hydrogen-bond donors (Lipinski definition) is 1. The largest absolute Gasteiger partial charge is 0.499 e. The number of thiophene rings is 1. The highest BCUT2D eigenvalue weighted by Crippen LogP contribution is 2.36. The van der Waals surface area contributed by atoms with E-state index in [1.165, 1.54) is 18.2 Å². The van der Waals surface area contributed by atoms with Gasteiger partial charge in [-0.2, -0.15) is 0 Å². The van der Waals surface area contributed by atoms with Crippen molar-refractivity contribution < 1.29 is 10.0 Å². The van der Waals surface area contributed by atoms with E-state index in [0.717, 1.165) is 11.3 Å². The van der Waals surface area contributed by atoms with E-state index < -0.39 is 4.92 Å². The lowest BCUT2D eigenvalue weighted by molar-refractivity contribution is -0.384. The molecule has 14 heavy (non-hydrogen) atoms. The van der Waals surface area contributed by atoms with Gasteiger partial charge in [-0.3, -0.25) is 10.1 Å². The number of benzene rings is 1. The summed E-state index contributed by atoms with van der Waals surface area (Å²) in [6.45, 7) is 0. The zero-order valence-electron chi connectivity index (χ0n) is 6.73. The fourth-order valence-electron chi connectivity index (χ4n) is 1.17. The number of hydrogen-bond acceptors (Lipinski definition) is 4. The van der Waals surface area contributed by atoms with Crippen molar-refractivity contribution in [1.29, 1.82) is 0 Å². The molecule has 0 saturated carbocycles. The molecule has 0 saturated heterocycles. The normalized spacial score (nSPS) is 10.6. The fraction of sp³-hybridized carbons (Fsp3) is 0. The van der Waals surface area contributed by atoms with Crippen LogP contribution in [0.3, 0.4) is 0 Å². The lowest BCUT2D eigenvalue weighted by atomic mass is 10.2. The maximum Gasteiger partial charge on any atom is 0.289 e. The minimum Gasteiger partial charge on any atom is -0.499 e. The van der Waals surface area contributed by atoms with Crippen molar-refractivity contribution in [2.45, 2.75) is 0 Å². The van der Waals surface area contributed by atoms with Gasteiger partial charge >= 0.3 is 0 Å². The predicted molar refractivity (Wildman–Crippen MR) is 55.2 cm³/mol.